The second-order valence-corrected chi connectivity index (χ2v) is 5.24. The van der Waals surface area contributed by atoms with E-state index < -0.39 is 17.6 Å². The highest BCUT2D eigenvalue weighted by molar-refractivity contribution is 6.39. The summed E-state index contributed by atoms with van der Waals surface area (Å²) in [7, 11) is 0. The van der Waals surface area contributed by atoms with Gasteiger partial charge in [-0.1, -0.05) is 19.4 Å². The van der Waals surface area contributed by atoms with Crippen molar-refractivity contribution in [3.63, 3.8) is 0 Å². The molecule has 0 heterocycles. The molecule has 0 radical (unpaired) electrons. The van der Waals surface area contributed by atoms with E-state index in [0.29, 0.717) is 13.0 Å². The van der Waals surface area contributed by atoms with E-state index in [1.807, 2.05) is 6.92 Å². The molecule has 2 amide bonds. The first-order valence-electron chi connectivity index (χ1n) is 7.44. The summed E-state index contributed by atoms with van der Waals surface area (Å²) in [6.07, 6.45) is 2.39. The lowest BCUT2D eigenvalue weighted by Crippen LogP contribution is -2.38. The highest BCUT2D eigenvalue weighted by atomic mass is 19.1. The molecule has 6 heteroatoms. The molecule has 0 spiro atoms. The van der Waals surface area contributed by atoms with Crippen molar-refractivity contribution in [3.05, 3.63) is 29.6 Å². The Labute approximate surface area is 129 Å². The Hall–Kier alpha value is -1.95. The molecule has 0 bridgehead atoms. The van der Waals surface area contributed by atoms with E-state index in [2.05, 4.69) is 10.6 Å². The minimum atomic E-state index is -0.826. The molecule has 0 saturated carbocycles. The van der Waals surface area contributed by atoms with Crippen LogP contribution in [0.15, 0.2) is 18.2 Å². The molecule has 0 aromatic heterocycles. The number of nitrogens with one attached hydrogen (secondary N) is 2. The maximum atomic E-state index is 13.4. The SMILES string of the molecule is CCCC(CCO)CNC(=O)C(=O)Nc1cccc(F)c1C. The topological polar surface area (TPSA) is 78.4 Å². The van der Waals surface area contributed by atoms with Crippen LogP contribution in [0, 0.1) is 18.7 Å². The molecule has 0 saturated heterocycles. The summed E-state index contributed by atoms with van der Waals surface area (Å²) in [5.41, 5.74) is 0.563. The van der Waals surface area contributed by atoms with E-state index in [9.17, 15) is 14.0 Å². The second kappa shape index (κ2) is 9.15. The summed E-state index contributed by atoms with van der Waals surface area (Å²) in [5, 5.41) is 13.9. The monoisotopic (exact) mass is 310 g/mol. The summed E-state index contributed by atoms with van der Waals surface area (Å²) < 4.78 is 13.4. The Morgan fingerprint density at radius 2 is 2.00 bits per heavy atom. The largest absolute Gasteiger partial charge is 0.396 e. The minimum absolute atomic E-state index is 0.0508. The Morgan fingerprint density at radius 3 is 2.64 bits per heavy atom. The molecule has 1 aromatic carbocycles. The predicted molar refractivity (Wildman–Crippen MR) is 82.9 cm³/mol. The molecule has 1 aromatic rings. The smallest absolute Gasteiger partial charge is 0.313 e. The Balaban J connectivity index is 2.54. The Kier molecular flexibility index (Phi) is 7.52. The van der Waals surface area contributed by atoms with Gasteiger partial charge in [-0.15, -0.1) is 0 Å². The van der Waals surface area contributed by atoms with Crippen molar-refractivity contribution in [2.75, 3.05) is 18.5 Å². The molecule has 3 N–H and O–H groups in total. The van der Waals surface area contributed by atoms with Crippen molar-refractivity contribution < 1.29 is 19.1 Å². The van der Waals surface area contributed by atoms with E-state index in [0.717, 1.165) is 12.8 Å². The van der Waals surface area contributed by atoms with Gasteiger partial charge in [0, 0.05) is 24.4 Å². The highest BCUT2D eigenvalue weighted by Gasteiger charge is 2.17. The fraction of sp³-hybridized carbons (Fsp3) is 0.500. The van der Waals surface area contributed by atoms with Gasteiger partial charge in [-0.2, -0.15) is 0 Å². The number of amides is 2. The van der Waals surface area contributed by atoms with Gasteiger partial charge in [0.15, 0.2) is 0 Å². The molecular formula is C16H23FN2O3. The predicted octanol–water partition coefficient (Wildman–Crippen LogP) is 1.99. The molecule has 1 unspecified atom stereocenters. The normalized spacial score (nSPS) is 11.8. The summed E-state index contributed by atoms with van der Waals surface area (Å²) in [6.45, 7) is 3.94. The lowest BCUT2D eigenvalue weighted by atomic mass is 10.0. The van der Waals surface area contributed by atoms with Crippen molar-refractivity contribution in [1.29, 1.82) is 0 Å². The van der Waals surface area contributed by atoms with Crippen LogP contribution in [-0.2, 0) is 9.59 Å². The third kappa shape index (κ3) is 5.44. The number of carbonyl (C=O) groups excluding carboxylic acids is 2. The highest BCUT2D eigenvalue weighted by Crippen LogP contribution is 2.17. The first kappa shape index (κ1) is 18.1. The van der Waals surface area contributed by atoms with E-state index in [-0.39, 0.29) is 23.8 Å². The summed E-state index contributed by atoms with van der Waals surface area (Å²) in [4.78, 5) is 23.6. The maximum absolute atomic E-state index is 13.4. The van der Waals surface area contributed by atoms with Crippen molar-refractivity contribution >= 4 is 17.5 Å². The zero-order valence-corrected chi connectivity index (χ0v) is 13.0. The van der Waals surface area contributed by atoms with Crippen LogP contribution in [0.5, 0.6) is 0 Å². The number of halogens is 1. The third-order valence-electron chi connectivity index (χ3n) is 3.51. The quantitative estimate of drug-likeness (QED) is 0.674. The van der Waals surface area contributed by atoms with Crippen molar-refractivity contribution in [2.24, 2.45) is 5.92 Å². The lowest BCUT2D eigenvalue weighted by molar-refractivity contribution is -0.136. The number of benzene rings is 1. The van der Waals surface area contributed by atoms with Crippen LogP contribution in [0.2, 0.25) is 0 Å². The van der Waals surface area contributed by atoms with Crippen LogP contribution in [-0.4, -0.2) is 30.1 Å². The van der Waals surface area contributed by atoms with Gasteiger partial charge >= 0.3 is 11.8 Å². The molecular weight excluding hydrogens is 287 g/mol. The fourth-order valence-corrected chi connectivity index (χ4v) is 2.18. The first-order chi connectivity index (χ1) is 10.5. The number of hydrogen-bond donors (Lipinski definition) is 3. The van der Waals surface area contributed by atoms with Gasteiger partial charge in [0.1, 0.15) is 5.82 Å². The third-order valence-corrected chi connectivity index (χ3v) is 3.51. The average molecular weight is 310 g/mol. The molecule has 0 aliphatic rings. The molecule has 1 rings (SSSR count). The van der Waals surface area contributed by atoms with Crippen molar-refractivity contribution in [2.45, 2.75) is 33.1 Å². The van der Waals surface area contributed by atoms with Gasteiger partial charge in [0.2, 0.25) is 0 Å². The number of aliphatic hydroxyl groups excluding tert-OH is 1. The molecule has 0 fully saturated rings. The van der Waals surface area contributed by atoms with Crippen molar-refractivity contribution in [3.8, 4) is 0 Å². The number of rotatable bonds is 7. The zero-order valence-electron chi connectivity index (χ0n) is 13.0. The summed E-state index contributed by atoms with van der Waals surface area (Å²) >= 11 is 0. The minimum Gasteiger partial charge on any atom is -0.396 e. The molecule has 1 atom stereocenters. The van der Waals surface area contributed by atoms with Crippen LogP contribution in [0.25, 0.3) is 0 Å². The molecule has 0 aliphatic heterocycles. The van der Waals surface area contributed by atoms with E-state index in [1.54, 1.807) is 0 Å². The zero-order chi connectivity index (χ0) is 16.5. The van der Waals surface area contributed by atoms with E-state index >= 15 is 0 Å². The number of hydrogen-bond acceptors (Lipinski definition) is 3. The molecule has 0 aliphatic carbocycles. The lowest BCUT2D eigenvalue weighted by Gasteiger charge is -2.15. The molecule has 5 nitrogen and oxygen atoms in total. The standard InChI is InChI=1S/C16H23FN2O3/c1-3-5-12(8-9-20)10-18-15(21)16(22)19-14-7-4-6-13(17)11(14)2/h4,6-7,12,20H,3,5,8-10H2,1-2H3,(H,18,21)(H,19,22). The Morgan fingerprint density at radius 1 is 1.27 bits per heavy atom. The van der Waals surface area contributed by atoms with E-state index in [1.165, 1.54) is 25.1 Å². The number of aliphatic hydroxyl groups is 1. The number of anilines is 1. The van der Waals surface area contributed by atoms with Crippen LogP contribution in [0.4, 0.5) is 10.1 Å². The summed E-state index contributed by atoms with van der Waals surface area (Å²) in [6, 6.07) is 4.29. The first-order valence-corrected chi connectivity index (χ1v) is 7.44. The molecule has 122 valence electrons. The van der Waals surface area contributed by atoms with Crippen LogP contribution in [0.1, 0.15) is 31.7 Å². The molecule has 22 heavy (non-hydrogen) atoms. The van der Waals surface area contributed by atoms with Gasteiger partial charge in [-0.3, -0.25) is 9.59 Å². The average Bonchev–Trinajstić information content (AvgIpc) is 2.49. The van der Waals surface area contributed by atoms with Gasteiger partial charge in [0.05, 0.1) is 0 Å². The van der Waals surface area contributed by atoms with Crippen LogP contribution in [0.3, 0.4) is 0 Å². The van der Waals surface area contributed by atoms with Crippen molar-refractivity contribution in [1.82, 2.24) is 5.32 Å². The van der Waals surface area contributed by atoms with E-state index in [4.69, 9.17) is 5.11 Å². The summed E-state index contributed by atoms with van der Waals surface area (Å²) in [5.74, 6) is -1.89. The van der Waals surface area contributed by atoms with Crippen LogP contribution >= 0.6 is 0 Å². The Bertz CT molecular complexity index is 514. The van der Waals surface area contributed by atoms with Gasteiger partial charge in [-0.25, -0.2) is 4.39 Å². The van der Waals surface area contributed by atoms with Gasteiger partial charge in [0.25, 0.3) is 0 Å². The maximum Gasteiger partial charge on any atom is 0.313 e. The second-order valence-electron chi connectivity index (χ2n) is 5.24. The van der Waals surface area contributed by atoms with Crippen LogP contribution < -0.4 is 10.6 Å². The van der Waals surface area contributed by atoms with Gasteiger partial charge < -0.3 is 15.7 Å². The van der Waals surface area contributed by atoms with Gasteiger partial charge in [-0.05, 0) is 37.8 Å². The fourth-order valence-electron chi connectivity index (χ4n) is 2.18. The number of carbonyl (C=O) groups is 2.